The molecule has 36 heavy (non-hydrogen) atoms. The van der Waals surface area contributed by atoms with Crippen molar-refractivity contribution in [2.45, 2.75) is 38.9 Å². The number of aromatic nitrogens is 4. The summed E-state index contributed by atoms with van der Waals surface area (Å²) in [6.07, 6.45) is 3.53. The highest BCUT2D eigenvalue weighted by Gasteiger charge is 2.26. The molecule has 1 aliphatic heterocycles. The van der Waals surface area contributed by atoms with E-state index in [4.69, 9.17) is 11.0 Å². The first-order chi connectivity index (χ1) is 17.4. The molecule has 1 aromatic carbocycles. The summed E-state index contributed by atoms with van der Waals surface area (Å²) < 4.78 is 4.09. The lowest BCUT2D eigenvalue weighted by molar-refractivity contribution is 0.496. The number of hydrazine groups is 1. The Bertz CT molecular complexity index is 1500. The molecule has 186 valence electrons. The number of hydrogen-bond acceptors (Lipinski definition) is 8. The molecule has 3 heterocycles. The molecule has 0 amide bonds. The van der Waals surface area contributed by atoms with Gasteiger partial charge in [0, 0.05) is 26.2 Å². The Morgan fingerprint density at radius 1 is 1.28 bits per heavy atom. The van der Waals surface area contributed by atoms with Crippen LogP contribution in [0.4, 0.5) is 11.6 Å². The number of nitrogens with two attached hydrogens (primary N) is 1. The SMILES string of the molecule is CC#CCn1c(N2CCCC(N)C2)nc2c1c(=O)n(CC(=NC#N)NNc1ccccc1)c(=O)n2C. The van der Waals surface area contributed by atoms with Crippen molar-refractivity contribution in [3.8, 4) is 18.0 Å². The number of nitriles is 1. The van der Waals surface area contributed by atoms with E-state index in [0.717, 1.165) is 29.6 Å². The highest BCUT2D eigenvalue weighted by atomic mass is 16.2. The molecule has 0 radical (unpaired) electrons. The Kier molecular flexibility index (Phi) is 7.37. The Labute approximate surface area is 207 Å². The van der Waals surface area contributed by atoms with Crippen LogP contribution in [0.5, 0.6) is 0 Å². The normalized spacial score (nSPS) is 15.8. The molecule has 4 rings (SSSR count). The fourth-order valence-corrected chi connectivity index (χ4v) is 4.22. The lowest BCUT2D eigenvalue weighted by atomic mass is 10.1. The maximum atomic E-state index is 13.7. The van der Waals surface area contributed by atoms with E-state index < -0.39 is 11.2 Å². The van der Waals surface area contributed by atoms with Crippen molar-refractivity contribution in [3.63, 3.8) is 0 Å². The molecule has 1 fully saturated rings. The Morgan fingerprint density at radius 2 is 2.06 bits per heavy atom. The fraction of sp³-hybridized carbons (Fsp3) is 0.375. The highest BCUT2D eigenvalue weighted by molar-refractivity contribution is 5.84. The van der Waals surface area contributed by atoms with E-state index in [2.05, 4.69) is 32.7 Å². The van der Waals surface area contributed by atoms with Gasteiger partial charge >= 0.3 is 5.69 Å². The van der Waals surface area contributed by atoms with Gasteiger partial charge in [-0.05, 0) is 31.9 Å². The molecule has 1 unspecified atom stereocenters. The van der Waals surface area contributed by atoms with E-state index >= 15 is 0 Å². The zero-order valence-corrected chi connectivity index (χ0v) is 20.2. The van der Waals surface area contributed by atoms with Gasteiger partial charge in [-0.3, -0.25) is 29.3 Å². The molecule has 12 heteroatoms. The van der Waals surface area contributed by atoms with Crippen molar-refractivity contribution < 1.29 is 0 Å². The number of nitrogens with one attached hydrogen (secondary N) is 2. The molecular formula is C24H28N10O2. The molecule has 1 atom stereocenters. The van der Waals surface area contributed by atoms with Gasteiger partial charge in [0.05, 0.1) is 18.8 Å². The third kappa shape index (κ3) is 4.94. The van der Waals surface area contributed by atoms with Gasteiger partial charge < -0.3 is 10.6 Å². The van der Waals surface area contributed by atoms with E-state index in [1.54, 1.807) is 24.7 Å². The van der Waals surface area contributed by atoms with Crippen LogP contribution in [-0.4, -0.2) is 43.7 Å². The monoisotopic (exact) mass is 488 g/mol. The summed E-state index contributed by atoms with van der Waals surface area (Å²) in [5, 5.41) is 9.17. The lowest BCUT2D eigenvalue weighted by Gasteiger charge is -2.31. The van der Waals surface area contributed by atoms with Gasteiger partial charge in [-0.15, -0.1) is 5.92 Å². The molecular weight excluding hydrogens is 460 g/mol. The molecule has 1 aliphatic rings. The maximum Gasteiger partial charge on any atom is 0.332 e. The minimum absolute atomic E-state index is 0.00214. The van der Waals surface area contributed by atoms with E-state index in [0.29, 0.717) is 12.5 Å². The van der Waals surface area contributed by atoms with Crippen molar-refractivity contribution in [1.29, 1.82) is 5.26 Å². The molecule has 1 saturated heterocycles. The number of nitrogens with zero attached hydrogens (tertiary/aromatic N) is 7. The number of para-hydroxylation sites is 1. The summed E-state index contributed by atoms with van der Waals surface area (Å²) in [4.78, 5) is 37.4. The smallest absolute Gasteiger partial charge is 0.332 e. The summed E-state index contributed by atoms with van der Waals surface area (Å²) in [6.45, 7) is 3.05. The van der Waals surface area contributed by atoms with Crippen molar-refractivity contribution in [1.82, 2.24) is 24.1 Å². The first-order valence-corrected chi connectivity index (χ1v) is 11.6. The van der Waals surface area contributed by atoms with Crippen molar-refractivity contribution in [2.75, 3.05) is 23.4 Å². The van der Waals surface area contributed by atoms with E-state index in [9.17, 15) is 9.59 Å². The number of rotatable bonds is 6. The predicted octanol–water partition coefficient (Wildman–Crippen LogP) is 0.344. The highest BCUT2D eigenvalue weighted by Crippen LogP contribution is 2.22. The molecule has 2 aromatic heterocycles. The summed E-state index contributed by atoms with van der Waals surface area (Å²) in [5.74, 6) is 6.52. The topological polar surface area (TPSA) is 151 Å². The zero-order valence-electron chi connectivity index (χ0n) is 20.2. The van der Waals surface area contributed by atoms with Crippen LogP contribution in [-0.2, 0) is 20.1 Å². The van der Waals surface area contributed by atoms with Crippen LogP contribution in [0.1, 0.15) is 19.8 Å². The van der Waals surface area contributed by atoms with Crippen LogP contribution >= 0.6 is 0 Å². The Hall–Kier alpha value is -4.55. The molecule has 12 nitrogen and oxygen atoms in total. The maximum absolute atomic E-state index is 13.7. The summed E-state index contributed by atoms with van der Waals surface area (Å²) in [5.41, 5.74) is 12.0. The van der Waals surface area contributed by atoms with Crippen molar-refractivity contribution >= 4 is 28.6 Å². The zero-order chi connectivity index (χ0) is 25.7. The van der Waals surface area contributed by atoms with Crippen molar-refractivity contribution in [2.24, 2.45) is 17.8 Å². The van der Waals surface area contributed by atoms with E-state index in [-0.39, 0.29) is 36.1 Å². The number of imidazole rings is 1. The van der Waals surface area contributed by atoms with Gasteiger partial charge in [0.15, 0.2) is 17.0 Å². The molecule has 0 saturated carbocycles. The minimum Gasteiger partial charge on any atom is -0.341 e. The number of fused-ring (bicyclic) bond motifs is 1. The van der Waals surface area contributed by atoms with Gasteiger partial charge in [-0.2, -0.15) is 15.2 Å². The second-order valence-electron chi connectivity index (χ2n) is 8.45. The average molecular weight is 489 g/mol. The molecule has 0 aliphatic carbocycles. The number of amidine groups is 1. The van der Waals surface area contributed by atoms with Gasteiger partial charge in [-0.25, -0.2) is 4.79 Å². The first kappa shape index (κ1) is 24.6. The minimum atomic E-state index is -0.576. The summed E-state index contributed by atoms with van der Waals surface area (Å²) >= 11 is 0. The van der Waals surface area contributed by atoms with Crippen LogP contribution in [0.25, 0.3) is 11.2 Å². The first-order valence-electron chi connectivity index (χ1n) is 11.6. The second kappa shape index (κ2) is 10.8. The number of hydrogen-bond donors (Lipinski definition) is 3. The summed E-state index contributed by atoms with van der Waals surface area (Å²) in [7, 11) is 1.56. The van der Waals surface area contributed by atoms with Crippen molar-refractivity contribution in [3.05, 3.63) is 51.2 Å². The average Bonchev–Trinajstić information content (AvgIpc) is 3.27. The third-order valence-corrected chi connectivity index (χ3v) is 5.98. The predicted molar refractivity (Wildman–Crippen MR) is 138 cm³/mol. The van der Waals surface area contributed by atoms with E-state index in [1.807, 2.05) is 35.2 Å². The van der Waals surface area contributed by atoms with Crippen LogP contribution in [0.15, 0.2) is 44.9 Å². The second-order valence-corrected chi connectivity index (χ2v) is 8.45. The quantitative estimate of drug-likeness (QED) is 0.148. The molecule has 3 aromatic rings. The number of anilines is 2. The van der Waals surface area contributed by atoms with Gasteiger partial charge in [0.2, 0.25) is 12.1 Å². The fourth-order valence-electron chi connectivity index (χ4n) is 4.22. The largest absolute Gasteiger partial charge is 0.341 e. The van der Waals surface area contributed by atoms with E-state index in [1.165, 1.54) is 4.57 Å². The van der Waals surface area contributed by atoms with Gasteiger partial charge in [0.25, 0.3) is 5.56 Å². The molecule has 4 N–H and O–H groups in total. The lowest BCUT2D eigenvalue weighted by Crippen LogP contribution is -2.45. The van der Waals surface area contributed by atoms with Crippen LogP contribution < -0.4 is 32.7 Å². The Morgan fingerprint density at radius 3 is 2.75 bits per heavy atom. The molecule has 0 bridgehead atoms. The Balaban J connectivity index is 1.79. The third-order valence-electron chi connectivity index (χ3n) is 5.98. The van der Waals surface area contributed by atoms with Crippen LogP contribution in [0.3, 0.4) is 0 Å². The standard InChI is InChI=1S/C24H28N10O2/c1-3-4-13-33-20-21(28-23(33)32-12-8-9-17(26)14-32)31(2)24(36)34(22(20)35)15-19(27-16-25)30-29-18-10-6-5-7-11-18/h5-7,10-11,17,29H,8-9,12-15,26H2,1-2H3,(H,27,30). The van der Waals surface area contributed by atoms with Gasteiger partial charge in [-0.1, -0.05) is 24.1 Å². The van der Waals surface area contributed by atoms with Crippen LogP contribution in [0, 0.1) is 23.3 Å². The summed E-state index contributed by atoms with van der Waals surface area (Å²) in [6, 6.07) is 9.17. The number of piperidine rings is 1. The van der Waals surface area contributed by atoms with Gasteiger partial charge in [0.1, 0.15) is 0 Å². The number of aryl methyl sites for hydroxylation is 1. The van der Waals surface area contributed by atoms with Crippen LogP contribution in [0.2, 0.25) is 0 Å². The molecule has 0 spiro atoms. The number of aliphatic imine (C=N–C) groups is 1. The number of benzene rings is 1.